The number of aliphatic hydroxyl groups is 2. The monoisotopic (exact) mass is 296 g/mol. The second kappa shape index (κ2) is 4.44. The van der Waals surface area contributed by atoms with Crippen LogP contribution in [0.4, 0.5) is 0 Å². The largest absolute Gasteiger partial charge is 0.393 e. The quantitative estimate of drug-likeness (QED) is 0.720. The Labute approximate surface area is 126 Å². The van der Waals surface area contributed by atoms with Crippen molar-refractivity contribution in [3.63, 3.8) is 0 Å². The van der Waals surface area contributed by atoms with Gasteiger partial charge in [0.1, 0.15) is 0 Å². The van der Waals surface area contributed by atoms with Crippen molar-refractivity contribution in [2.24, 2.45) is 10.8 Å². The average molecular weight is 296 g/mol. The van der Waals surface area contributed by atoms with E-state index < -0.39 is 5.79 Å². The first-order valence-electron chi connectivity index (χ1n) is 8.55. The van der Waals surface area contributed by atoms with Crippen LogP contribution >= 0.6 is 0 Å². The number of fused-ring (bicyclic) bond motifs is 1. The molecule has 3 aliphatic carbocycles. The van der Waals surface area contributed by atoms with Gasteiger partial charge in [0.05, 0.1) is 24.4 Å². The molecular weight excluding hydrogens is 268 g/mol. The highest BCUT2D eigenvalue weighted by atomic mass is 16.7. The number of ether oxygens (including phenoxy) is 2. The third-order valence-electron chi connectivity index (χ3n) is 6.73. The zero-order valence-electron chi connectivity index (χ0n) is 13.2. The summed E-state index contributed by atoms with van der Waals surface area (Å²) in [6.07, 6.45) is 7.57. The lowest BCUT2D eigenvalue weighted by Crippen LogP contribution is -2.38. The highest BCUT2D eigenvalue weighted by Gasteiger charge is 2.63. The minimum absolute atomic E-state index is 0.132. The molecule has 0 spiro atoms. The van der Waals surface area contributed by atoms with Crippen molar-refractivity contribution >= 4 is 0 Å². The molecule has 0 amide bonds. The summed E-state index contributed by atoms with van der Waals surface area (Å²) in [5.41, 5.74) is 0.264. The molecule has 1 saturated heterocycles. The number of hydrogen-bond acceptors (Lipinski definition) is 4. The van der Waals surface area contributed by atoms with Gasteiger partial charge >= 0.3 is 0 Å². The summed E-state index contributed by atoms with van der Waals surface area (Å²) in [4.78, 5) is 0. The van der Waals surface area contributed by atoms with Crippen molar-refractivity contribution < 1.29 is 19.7 Å². The molecule has 4 rings (SSSR count). The first-order valence-corrected chi connectivity index (χ1v) is 8.55. The van der Waals surface area contributed by atoms with Gasteiger partial charge in [0.2, 0.25) is 0 Å². The van der Waals surface area contributed by atoms with Crippen LogP contribution in [0.1, 0.15) is 65.2 Å². The second-order valence-corrected chi connectivity index (χ2v) is 8.47. The summed E-state index contributed by atoms with van der Waals surface area (Å²) in [5.74, 6) is -0.460. The standard InChI is InChI=1S/C17H28O4/c1-15(2)20-13-3-5-16-7-11(18)9-17(16,10-12(19)8-16)6-4-14(13)21-15/h11-14,18-19H,3-10H2,1-2H3/t11?,12?,13-,14+,16?,17?. The van der Waals surface area contributed by atoms with E-state index >= 15 is 0 Å². The van der Waals surface area contributed by atoms with Crippen molar-refractivity contribution in [1.82, 2.24) is 0 Å². The van der Waals surface area contributed by atoms with Gasteiger partial charge in [-0.15, -0.1) is 0 Å². The highest BCUT2D eigenvalue weighted by Crippen LogP contribution is 2.68. The first-order chi connectivity index (χ1) is 9.83. The predicted octanol–water partition coefficient (Wildman–Crippen LogP) is 2.36. The normalized spacial score (nSPS) is 55.4. The highest BCUT2D eigenvalue weighted by molar-refractivity contribution is 5.13. The van der Waals surface area contributed by atoms with Crippen LogP contribution in [0.5, 0.6) is 0 Å². The zero-order valence-corrected chi connectivity index (χ0v) is 13.2. The fraction of sp³-hybridized carbons (Fsp3) is 1.00. The smallest absolute Gasteiger partial charge is 0.163 e. The molecule has 4 nitrogen and oxygen atoms in total. The molecule has 4 atom stereocenters. The molecule has 2 unspecified atom stereocenters. The minimum Gasteiger partial charge on any atom is -0.393 e. The van der Waals surface area contributed by atoms with E-state index in [9.17, 15) is 10.2 Å². The Kier molecular flexibility index (Phi) is 3.05. The Morgan fingerprint density at radius 3 is 1.52 bits per heavy atom. The topological polar surface area (TPSA) is 58.9 Å². The van der Waals surface area contributed by atoms with Crippen LogP contribution in [0.3, 0.4) is 0 Å². The molecule has 0 radical (unpaired) electrons. The third kappa shape index (κ3) is 2.10. The Balaban J connectivity index is 1.62. The van der Waals surface area contributed by atoms with Gasteiger partial charge in [-0.25, -0.2) is 0 Å². The Morgan fingerprint density at radius 2 is 1.14 bits per heavy atom. The van der Waals surface area contributed by atoms with Crippen molar-refractivity contribution in [3.8, 4) is 0 Å². The second-order valence-electron chi connectivity index (χ2n) is 8.47. The van der Waals surface area contributed by atoms with E-state index in [2.05, 4.69) is 0 Å². The fourth-order valence-corrected chi connectivity index (χ4v) is 6.16. The summed E-state index contributed by atoms with van der Waals surface area (Å²) in [7, 11) is 0. The van der Waals surface area contributed by atoms with Gasteiger partial charge in [0.15, 0.2) is 5.79 Å². The van der Waals surface area contributed by atoms with Crippen molar-refractivity contribution in [2.75, 3.05) is 0 Å². The summed E-state index contributed by atoms with van der Waals surface area (Å²) in [6, 6.07) is 0. The summed E-state index contributed by atoms with van der Waals surface area (Å²) < 4.78 is 12.2. The van der Waals surface area contributed by atoms with E-state index in [1.165, 1.54) is 0 Å². The number of rotatable bonds is 0. The van der Waals surface area contributed by atoms with E-state index in [1.807, 2.05) is 13.8 Å². The van der Waals surface area contributed by atoms with Crippen LogP contribution in [0.15, 0.2) is 0 Å². The zero-order chi connectivity index (χ0) is 14.9. The molecule has 0 aromatic rings. The Hall–Kier alpha value is -0.160. The van der Waals surface area contributed by atoms with E-state index in [1.54, 1.807) is 0 Å². The summed E-state index contributed by atoms with van der Waals surface area (Å²) >= 11 is 0. The lowest BCUT2D eigenvalue weighted by Gasteiger charge is -2.43. The molecule has 0 aromatic heterocycles. The first kappa shape index (κ1) is 14.4. The maximum absolute atomic E-state index is 10.3. The molecule has 1 heterocycles. The maximum Gasteiger partial charge on any atom is 0.163 e. The molecule has 0 aromatic carbocycles. The number of hydrogen-bond donors (Lipinski definition) is 2. The van der Waals surface area contributed by atoms with Crippen molar-refractivity contribution in [1.29, 1.82) is 0 Å². The van der Waals surface area contributed by atoms with Gasteiger partial charge < -0.3 is 19.7 Å². The van der Waals surface area contributed by atoms with Crippen LogP contribution in [0.25, 0.3) is 0 Å². The van der Waals surface area contributed by atoms with Gasteiger partial charge in [0.25, 0.3) is 0 Å². The van der Waals surface area contributed by atoms with Gasteiger partial charge in [-0.3, -0.25) is 0 Å². The van der Waals surface area contributed by atoms with E-state index in [4.69, 9.17) is 9.47 Å². The Morgan fingerprint density at radius 1 is 0.762 bits per heavy atom. The fourth-order valence-electron chi connectivity index (χ4n) is 6.16. The molecule has 4 heteroatoms. The molecule has 4 aliphatic rings. The lowest BCUT2D eigenvalue weighted by molar-refractivity contribution is -0.147. The Bertz CT molecular complexity index is 383. The van der Waals surface area contributed by atoms with Crippen molar-refractivity contribution in [3.05, 3.63) is 0 Å². The molecule has 3 saturated carbocycles. The van der Waals surface area contributed by atoms with Crippen molar-refractivity contribution in [2.45, 2.75) is 95.4 Å². The summed E-state index contributed by atoms with van der Waals surface area (Å²) in [5, 5.41) is 20.5. The molecule has 0 bridgehead atoms. The van der Waals surface area contributed by atoms with Crippen LogP contribution in [-0.2, 0) is 9.47 Å². The molecule has 2 N–H and O–H groups in total. The van der Waals surface area contributed by atoms with Crippen LogP contribution in [0.2, 0.25) is 0 Å². The van der Waals surface area contributed by atoms with Gasteiger partial charge in [-0.2, -0.15) is 0 Å². The predicted molar refractivity (Wildman–Crippen MR) is 77.6 cm³/mol. The number of aliphatic hydroxyl groups excluding tert-OH is 2. The molecular formula is C17H28O4. The maximum atomic E-state index is 10.3. The molecule has 4 fully saturated rings. The van der Waals surface area contributed by atoms with E-state index in [0.29, 0.717) is 0 Å². The van der Waals surface area contributed by atoms with Gasteiger partial charge in [0, 0.05) is 0 Å². The lowest BCUT2D eigenvalue weighted by atomic mass is 9.61. The molecule has 21 heavy (non-hydrogen) atoms. The minimum atomic E-state index is -0.460. The third-order valence-corrected chi connectivity index (χ3v) is 6.73. The van der Waals surface area contributed by atoms with Gasteiger partial charge in [-0.1, -0.05) is 0 Å². The molecule has 1 aliphatic heterocycles. The average Bonchev–Trinajstić information content (AvgIpc) is 2.86. The van der Waals surface area contributed by atoms with E-state index in [0.717, 1.165) is 51.4 Å². The van der Waals surface area contributed by atoms with Crippen LogP contribution in [-0.4, -0.2) is 40.4 Å². The van der Waals surface area contributed by atoms with Crippen LogP contribution < -0.4 is 0 Å². The summed E-state index contributed by atoms with van der Waals surface area (Å²) in [6.45, 7) is 4.01. The molecule has 120 valence electrons. The van der Waals surface area contributed by atoms with Gasteiger partial charge in [-0.05, 0) is 76.0 Å². The SMILES string of the molecule is CC1(C)O[C@H]2CCC34CC(O)CC3(CC[C@H]2O1)CC(O)C4. The van der Waals surface area contributed by atoms with E-state index in [-0.39, 0.29) is 35.2 Å². The van der Waals surface area contributed by atoms with Crippen LogP contribution in [0, 0.1) is 10.8 Å².